The third-order valence-electron chi connectivity index (χ3n) is 2.54. The number of hydrogen-bond acceptors (Lipinski definition) is 4. The van der Waals surface area contributed by atoms with Gasteiger partial charge in [0, 0.05) is 30.9 Å². The Kier molecular flexibility index (Phi) is 4.36. The highest BCUT2D eigenvalue weighted by Crippen LogP contribution is 2.12. The van der Waals surface area contributed by atoms with Crippen molar-refractivity contribution < 1.29 is 9.15 Å². The van der Waals surface area contributed by atoms with Crippen molar-refractivity contribution in [1.29, 1.82) is 0 Å². The maximum absolute atomic E-state index is 5.57. The molecule has 0 aliphatic carbocycles. The zero-order chi connectivity index (χ0) is 13.0. The fourth-order valence-corrected chi connectivity index (χ4v) is 1.96. The summed E-state index contributed by atoms with van der Waals surface area (Å²) in [6.45, 7) is 4.31. The maximum Gasteiger partial charge on any atom is 0.213 e. The van der Waals surface area contributed by atoms with Crippen LogP contribution in [0.3, 0.4) is 0 Å². The van der Waals surface area contributed by atoms with Crippen LogP contribution < -0.4 is 4.74 Å². The number of oxazole rings is 1. The minimum Gasteiger partial charge on any atom is -0.477 e. The molecule has 0 spiro atoms. The second-order valence-electron chi connectivity index (χ2n) is 3.97. The summed E-state index contributed by atoms with van der Waals surface area (Å²) in [5.41, 5.74) is 2.08. The van der Waals surface area contributed by atoms with Gasteiger partial charge >= 0.3 is 0 Å². The molecule has 2 aromatic heterocycles. The molecule has 0 radical (unpaired) electrons. The molecule has 18 heavy (non-hydrogen) atoms. The van der Waals surface area contributed by atoms with Gasteiger partial charge < -0.3 is 9.15 Å². The van der Waals surface area contributed by atoms with Crippen molar-refractivity contribution in [2.24, 2.45) is 0 Å². The van der Waals surface area contributed by atoms with Gasteiger partial charge in [-0.15, -0.1) is 0 Å². The number of ether oxygens (including phenoxy) is 1. The van der Waals surface area contributed by atoms with Crippen LogP contribution >= 0.6 is 15.9 Å². The second-order valence-corrected chi connectivity index (χ2v) is 4.53. The van der Waals surface area contributed by atoms with Crippen molar-refractivity contribution in [2.75, 3.05) is 6.61 Å². The maximum atomic E-state index is 5.57. The quantitative estimate of drug-likeness (QED) is 0.796. The number of alkyl halides is 1. The van der Waals surface area contributed by atoms with Crippen LogP contribution in [0.5, 0.6) is 5.88 Å². The van der Waals surface area contributed by atoms with Crippen LogP contribution in [0, 0.1) is 13.8 Å². The summed E-state index contributed by atoms with van der Waals surface area (Å²) in [4.78, 5) is 8.51. The second kappa shape index (κ2) is 6.00. The molecule has 0 saturated carbocycles. The van der Waals surface area contributed by atoms with Crippen LogP contribution in [0.1, 0.15) is 22.9 Å². The molecule has 2 rings (SSSR count). The van der Waals surface area contributed by atoms with Crippen LogP contribution in [0.15, 0.2) is 22.7 Å². The number of hydrogen-bond donors (Lipinski definition) is 0. The lowest BCUT2D eigenvalue weighted by molar-refractivity contribution is 0.307. The fourth-order valence-electron chi connectivity index (χ4n) is 1.63. The smallest absolute Gasteiger partial charge is 0.213 e. The van der Waals surface area contributed by atoms with Gasteiger partial charge in [0.15, 0.2) is 5.89 Å². The molecule has 0 aromatic carbocycles. The average molecular weight is 311 g/mol. The highest BCUT2D eigenvalue weighted by Gasteiger charge is 2.06. The minimum absolute atomic E-state index is 0.549. The van der Waals surface area contributed by atoms with Gasteiger partial charge in [0.25, 0.3) is 0 Å². The van der Waals surface area contributed by atoms with Crippen molar-refractivity contribution in [3.8, 4) is 5.88 Å². The molecule has 0 bridgehead atoms. The van der Waals surface area contributed by atoms with Gasteiger partial charge in [-0.05, 0) is 12.5 Å². The van der Waals surface area contributed by atoms with Crippen molar-refractivity contribution >= 4 is 15.9 Å². The third kappa shape index (κ3) is 3.32. The van der Waals surface area contributed by atoms with E-state index in [1.165, 1.54) is 0 Å². The number of nitrogens with zero attached hydrogens (tertiary/aromatic N) is 2. The standard InChI is InChI=1S/C13H15BrN2O2/c1-9-12(16-10(2)18-9)5-6-17-13-4-3-11(7-14)8-15-13/h3-4,8H,5-7H2,1-2H3. The Balaban J connectivity index is 1.86. The summed E-state index contributed by atoms with van der Waals surface area (Å²) in [6.07, 6.45) is 2.53. The van der Waals surface area contributed by atoms with E-state index in [0.717, 1.165) is 28.8 Å². The molecule has 4 nitrogen and oxygen atoms in total. The van der Waals surface area contributed by atoms with E-state index in [2.05, 4.69) is 25.9 Å². The summed E-state index contributed by atoms with van der Waals surface area (Å²) in [5.74, 6) is 2.19. The molecular weight excluding hydrogens is 296 g/mol. The Morgan fingerprint density at radius 2 is 2.17 bits per heavy atom. The molecule has 2 aromatic rings. The van der Waals surface area contributed by atoms with E-state index in [4.69, 9.17) is 9.15 Å². The monoisotopic (exact) mass is 310 g/mol. The zero-order valence-electron chi connectivity index (χ0n) is 10.4. The van der Waals surface area contributed by atoms with Crippen LogP contribution in [-0.4, -0.2) is 16.6 Å². The van der Waals surface area contributed by atoms with Gasteiger partial charge in [-0.1, -0.05) is 22.0 Å². The van der Waals surface area contributed by atoms with Crippen LogP contribution in [0.25, 0.3) is 0 Å². The first-order valence-corrected chi connectivity index (χ1v) is 6.88. The van der Waals surface area contributed by atoms with Crippen molar-refractivity contribution in [3.05, 3.63) is 41.2 Å². The molecule has 0 aliphatic rings. The lowest BCUT2D eigenvalue weighted by Gasteiger charge is -2.04. The lowest BCUT2D eigenvalue weighted by Crippen LogP contribution is -2.04. The van der Waals surface area contributed by atoms with E-state index in [1.807, 2.05) is 26.0 Å². The minimum atomic E-state index is 0.549. The largest absolute Gasteiger partial charge is 0.477 e. The topological polar surface area (TPSA) is 48.2 Å². The molecule has 0 fully saturated rings. The molecule has 96 valence electrons. The summed E-state index contributed by atoms with van der Waals surface area (Å²) in [6, 6.07) is 3.86. The molecule has 0 saturated heterocycles. The summed E-state index contributed by atoms with van der Waals surface area (Å²) >= 11 is 3.38. The summed E-state index contributed by atoms with van der Waals surface area (Å²) in [7, 11) is 0. The number of halogens is 1. The van der Waals surface area contributed by atoms with E-state index < -0.39 is 0 Å². The number of aromatic nitrogens is 2. The van der Waals surface area contributed by atoms with Gasteiger partial charge in [-0.2, -0.15) is 0 Å². The normalized spacial score (nSPS) is 10.6. The van der Waals surface area contributed by atoms with Crippen molar-refractivity contribution in [2.45, 2.75) is 25.6 Å². The van der Waals surface area contributed by atoms with E-state index in [1.54, 1.807) is 6.20 Å². The lowest BCUT2D eigenvalue weighted by atomic mass is 10.3. The highest BCUT2D eigenvalue weighted by atomic mass is 79.9. The Morgan fingerprint density at radius 1 is 1.33 bits per heavy atom. The molecule has 0 atom stereocenters. The fraction of sp³-hybridized carbons (Fsp3) is 0.385. The predicted molar refractivity (Wildman–Crippen MR) is 72.0 cm³/mol. The van der Waals surface area contributed by atoms with E-state index in [9.17, 15) is 0 Å². The Hall–Kier alpha value is -1.36. The summed E-state index contributed by atoms with van der Waals surface area (Å²) in [5, 5.41) is 0.803. The molecule has 5 heteroatoms. The first-order valence-electron chi connectivity index (χ1n) is 5.75. The van der Waals surface area contributed by atoms with Gasteiger partial charge in [-0.25, -0.2) is 9.97 Å². The number of pyridine rings is 1. The average Bonchev–Trinajstić information content (AvgIpc) is 2.69. The van der Waals surface area contributed by atoms with Gasteiger partial charge in [0.1, 0.15) is 5.76 Å². The van der Waals surface area contributed by atoms with Crippen LogP contribution in [0.4, 0.5) is 0 Å². The van der Waals surface area contributed by atoms with Crippen LogP contribution in [-0.2, 0) is 11.8 Å². The predicted octanol–water partition coefficient (Wildman–Crippen LogP) is 3.20. The van der Waals surface area contributed by atoms with E-state index >= 15 is 0 Å². The van der Waals surface area contributed by atoms with Gasteiger partial charge in [0.05, 0.1) is 12.3 Å². The molecular formula is C13H15BrN2O2. The van der Waals surface area contributed by atoms with Crippen LogP contribution in [0.2, 0.25) is 0 Å². The Morgan fingerprint density at radius 3 is 2.72 bits per heavy atom. The Labute approximate surface area is 115 Å². The highest BCUT2D eigenvalue weighted by molar-refractivity contribution is 9.08. The van der Waals surface area contributed by atoms with Crippen molar-refractivity contribution in [1.82, 2.24) is 9.97 Å². The first kappa shape index (κ1) is 13.1. The number of rotatable bonds is 5. The Bertz CT molecular complexity index is 508. The van der Waals surface area contributed by atoms with Gasteiger partial charge in [-0.3, -0.25) is 0 Å². The third-order valence-corrected chi connectivity index (χ3v) is 3.19. The molecule has 0 unspecified atom stereocenters. The van der Waals surface area contributed by atoms with E-state index in [-0.39, 0.29) is 0 Å². The number of aryl methyl sites for hydroxylation is 2. The molecule has 0 N–H and O–H groups in total. The summed E-state index contributed by atoms with van der Waals surface area (Å²) < 4.78 is 10.9. The van der Waals surface area contributed by atoms with E-state index in [0.29, 0.717) is 18.4 Å². The SMILES string of the molecule is Cc1nc(CCOc2ccc(CBr)cn2)c(C)o1. The van der Waals surface area contributed by atoms with Gasteiger partial charge in [0.2, 0.25) is 5.88 Å². The zero-order valence-corrected chi connectivity index (χ0v) is 12.0. The van der Waals surface area contributed by atoms with Crippen molar-refractivity contribution in [3.63, 3.8) is 0 Å². The molecule has 0 aliphatic heterocycles. The molecule has 0 amide bonds. The molecule has 2 heterocycles. The first-order chi connectivity index (χ1) is 8.69.